The Morgan fingerprint density at radius 2 is 1.93 bits per heavy atom. The van der Waals surface area contributed by atoms with Crippen LogP contribution in [0.5, 0.6) is 0 Å². The molecule has 4 rings (SSSR count). The zero-order valence-corrected chi connectivity index (χ0v) is 18.4. The molecule has 2 aromatic carbocycles. The van der Waals surface area contributed by atoms with Gasteiger partial charge in [0.2, 0.25) is 0 Å². The lowest BCUT2D eigenvalue weighted by Gasteiger charge is -2.22. The van der Waals surface area contributed by atoms with E-state index in [-0.39, 0.29) is 18.3 Å². The minimum absolute atomic E-state index is 0.0315. The largest absolute Gasteiger partial charge is 0.380 e. The zero-order valence-electron chi connectivity index (χ0n) is 16.9. The van der Waals surface area contributed by atoms with E-state index >= 15 is 0 Å². The van der Waals surface area contributed by atoms with Crippen LogP contribution in [0.1, 0.15) is 27.2 Å². The number of carbonyl (C=O) groups is 1. The van der Waals surface area contributed by atoms with Crippen molar-refractivity contribution >= 4 is 38.9 Å². The SMILES string of the molecule is COCc1c(C(=O)N2CCCN(Cc3ccc(Cl)cc3)CC2)sc2cccc(F)c12. The van der Waals surface area contributed by atoms with E-state index in [0.717, 1.165) is 35.8 Å². The van der Waals surface area contributed by atoms with Gasteiger partial charge in [-0.1, -0.05) is 29.8 Å². The first-order valence-corrected chi connectivity index (χ1v) is 11.2. The third kappa shape index (κ3) is 4.52. The van der Waals surface area contributed by atoms with E-state index in [1.54, 1.807) is 13.2 Å². The molecule has 1 amide bonds. The molecule has 1 aliphatic heterocycles. The second kappa shape index (κ2) is 9.43. The number of rotatable bonds is 5. The van der Waals surface area contributed by atoms with Gasteiger partial charge >= 0.3 is 0 Å². The van der Waals surface area contributed by atoms with Crippen LogP contribution in [0.15, 0.2) is 42.5 Å². The number of amides is 1. The number of nitrogens with zero attached hydrogens (tertiary/aromatic N) is 2. The fraction of sp³-hybridized carbons (Fsp3) is 0.348. The van der Waals surface area contributed by atoms with Crippen LogP contribution in [0.4, 0.5) is 4.39 Å². The highest BCUT2D eigenvalue weighted by molar-refractivity contribution is 7.21. The normalized spacial score (nSPS) is 15.5. The molecule has 0 spiro atoms. The fourth-order valence-corrected chi connectivity index (χ4v) is 5.26. The summed E-state index contributed by atoms with van der Waals surface area (Å²) in [6, 6.07) is 12.9. The highest BCUT2D eigenvalue weighted by Gasteiger charge is 2.26. The summed E-state index contributed by atoms with van der Waals surface area (Å²) in [6.07, 6.45) is 0.901. The molecule has 4 nitrogen and oxygen atoms in total. The van der Waals surface area contributed by atoms with E-state index in [1.807, 2.05) is 35.2 Å². The summed E-state index contributed by atoms with van der Waals surface area (Å²) in [5.74, 6) is -0.337. The Morgan fingerprint density at radius 1 is 1.13 bits per heavy atom. The number of halogens is 2. The zero-order chi connectivity index (χ0) is 21.1. The Hall–Kier alpha value is -1.99. The van der Waals surface area contributed by atoms with E-state index in [2.05, 4.69) is 4.90 Å². The van der Waals surface area contributed by atoms with Gasteiger partial charge in [0.15, 0.2) is 0 Å². The molecular formula is C23H24ClFN2O2S. The first-order valence-electron chi connectivity index (χ1n) is 10.0. The van der Waals surface area contributed by atoms with Gasteiger partial charge in [-0.15, -0.1) is 11.3 Å². The Labute approximate surface area is 184 Å². The molecule has 7 heteroatoms. The first kappa shape index (κ1) is 21.2. The number of thiophene rings is 1. The van der Waals surface area contributed by atoms with Gasteiger partial charge in [-0.25, -0.2) is 4.39 Å². The highest BCUT2D eigenvalue weighted by atomic mass is 35.5. The molecule has 0 unspecified atom stereocenters. The van der Waals surface area contributed by atoms with Crippen molar-refractivity contribution in [3.8, 4) is 0 Å². The Balaban J connectivity index is 1.51. The van der Waals surface area contributed by atoms with Gasteiger partial charge in [0.1, 0.15) is 5.82 Å². The molecule has 0 N–H and O–H groups in total. The first-order chi connectivity index (χ1) is 14.6. The molecule has 3 aromatic rings. The molecule has 1 aromatic heterocycles. The number of benzene rings is 2. The summed E-state index contributed by atoms with van der Waals surface area (Å²) >= 11 is 7.33. The van der Waals surface area contributed by atoms with Gasteiger partial charge in [-0.3, -0.25) is 9.69 Å². The summed E-state index contributed by atoms with van der Waals surface area (Å²) in [6.45, 7) is 4.13. The maximum atomic E-state index is 14.4. The van der Waals surface area contributed by atoms with E-state index in [9.17, 15) is 9.18 Å². The van der Waals surface area contributed by atoms with Crippen LogP contribution >= 0.6 is 22.9 Å². The number of carbonyl (C=O) groups excluding carboxylic acids is 1. The second-order valence-corrected chi connectivity index (χ2v) is 8.99. The number of hydrogen-bond acceptors (Lipinski definition) is 4. The number of hydrogen-bond donors (Lipinski definition) is 0. The topological polar surface area (TPSA) is 32.8 Å². The quantitative estimate of drug-likeness (QED) is 0.540. The fourth-order valence-electron chi connectivity index (χ4n) is 3.95. The molecule has 1 fully saturated rings. The van der Waals surface area contributed by atoms with Crippen LogP contribution in [-0.4, -0.2) is 49.0 Å². The number of fused-ring (bicyclic) bond motifs is 1. The molecule has 30 heavy (non-hydrogen) atoms. The lowest BCUT2D eigenvalue weighted by Crippen LogP contribution is -2.35. The van der Waals surface area contributed by atoms with Crippen molar-refractivity contribution in [2.75, 3.05) is 33.3 Å². The molecule has 2 heterocycles. The van der Waals surface area contributed by atoms with Gasteiger partial charge in [0.25, 0.3) is 5.91 Å². The molecule has 0 bridgehead atoms. The van der Waals surface area contributed by atoms with Crippen molar-refractivity contribution in [1.29, 1.82) is 0 Å². The molecule has 0 atom stereocenters. The Bertz CT molecular complexity index is 1040. The molecule has 1 saturated heterocycles. The maximum Gasteiger partial charge on any atom is 0.264 e. The van der Waals surface area contributed by atoms with E-state index < -0.39 is 0 Å². The van der Waals surface area contributed by atoms with Crippen molar-refractivity contribution in [3.63, 3.8) is 0 Å². The lowest BCUT2D eigenvalue weighted by molar-refractivity contribution is 0.0762. The smallest absolute Gasteiger partial charge is 0.264 e. The van der Waals surface area contributed by atoms with E-state index in [4.69, 9.17) is 16.3 Å². The summed E-state index contributed by atoms with van der Waals surface area (Å²) in [5, 5.41) is 1.24. The molecule has 0 aliphatic carbocycles. The lowest BCUT2D eigenvalue weighted by atomic mass is 10.1. The molecule has 158 valence electrons. The Kier molecular flexibility index (Phi) is 6.68. The van der Waals surface area contributed by atoms with Gasteiger partial charge in [-0.05, 0) is 36.2 Å². The molecule has 0 radical (unpaired) electrons. The van der Waals surface area contributed by atoms with Crippen molar-refractivity contribution in [2.24, 2.45) is 0 Å². The van der Waals surface area contributed by atoms with Crippen molar-refractivity contribution < 1.29 is 13.9 Å². The summed E-state index contributed by atoms with van der Waals surface area (Å²) in [4.78, 5) is 18.2. The predicted octanol–water partition coefficient (Wildman–Crippen LogP) is 5.19. The summed E-state index contributed by atoms with van der Waals surface area (Å²) in [7, 11) is 1.57. The average Bonchev–Trinajstić information content (AvgIpc) is 2.95. The van der Waals surface area contributed by atoms with Crippen LogP contribution in [0.3, 0.4) is 0 Å². The standard InChI is InChI=1S/C23H24ClFN2O2S/c1-29-15-18-21-19(25)4-2-5-20(21)30-22(18)23(28)27-11-3-10-26(12-13-27)14-16-6-8-17(24)9-7-16/h2,4-9H,3,10-15H2,1H3. The monoisotopic (exact) mass is 446 g/mol. The Morgan fingerprint density at radius 3 is 2.70 bits per heavy atom. The number of methoxy groups -OCH3 is 1. The number of ether oxygens (including phenoxy) is 1. The van der Waals surface area contributed by atoms with Crippen LogP contribution < -0.4 is 0 Å². The third-order valence-corrected chi connectivity index (χ3v) is 6.88. The van der Waals surface area contributed by atoms with Gasteiger partial charge in [0, 0.05) is 60.5 Å². The van der Waals surface area contributed by atoms with Crippen LogP contribution in [0, 0.1) is 5.82 Å². The van der Waals surface area contributed by atoms with Crippen LogP contribution in [-0.2, 0) is 17.9 Å². The van der Waals surface area contributed by atoms with Gasteiger partial charge in [-0.2, -0.15) is 0 Å². The minimum atomic E-state index is -0.306. The third-order valence-electron chi connectivity index (χ3n) is 5.44. The van der Waals surface area contributed by atoms with Crippen LogP contribution in [0.2, 0.25) is 5.02 Å². The van der Waals surface area contributed by atoms with Gasteiger partial charge in [0.05, 0.1) is 11.5 Å². The van der Waals surface area contributed by atoms with E-state index in [1.165, 1.54) is 23.0 Å². The van der Waals surface area contributed by atoms with Crippen molar-refractivity contribution in [3.05, 3.63) is 69.3 Å². The molecule has 1 aliphatic rings. The molecular weight excluding hydrogens is 423 g/mol. The van der Waals surface area contributed by atoms with Crippen molar-refractivity contribution in [1.82, 2.24) is 9.80 Å². The maximum absolute atomic E-state index is 14.4. The highest BCUT2D eigenvalue weighted by Crippen LogP contribution is 2.34. The van der Waals surface area contributed by atoms with E-state index in [0.29, 0.717) is 28.9 Å². The minimum Gasteiger partial charge on any atom is -0.380 e. The summed E-state index contributed by atoms with van der Waals surface area (Å²) < 4.78 is 20.5. The molecule has 0 saturated carbocycles. The summed E-state index contributed by atoms with van der Waals surface area (Å²) in [5.41, 5.74) is 1.87. The van der Waals surface area contributed by atoms with Crippen LogP contribution in [0.25, 0.3) is 10.1 Å². The van der Waals surface area contributed by atoms with Crippen molar-refractivity contribution in [2.45, 2.75) is 19.6 Å². The predicted molar refractivity (Wildman–Crippen MR) is 120 cm³/mol. The van der Waals surface area contributed by atoms with Gasteiger partial charge < -0.3 is 9.64 Å². The second-order valence-electron chi connectivity index (χ2n) is 7.50. The average molecular weight is 447 g/mol.